The largest absolute Gasteiger partial charge is 0.493 e. The molecule has 1 aromatic carbocycles. The first-order valence-corrected chi connectivity index (χ1v) is 6.78. The summed E-state index contributed by atoms with van der Waals surface area (Å²) in [6.45, 7) is 0.233. The van der Waals surface area contributed by atoms with Crippen molar-refractivity contribution in [1.29, 1.82) is 0 Å². The molecule has 1 aliphatic rings. The van der Waals surface area contributed by atoms with Crippen molar-refractivity contribution in [2.45, 2.75) is 13.0 Å². The Morgan fingerprint density at radius 1 is 1.18 bits per heavy atom. The minimum atomic E-state index is 0.233. The predicted molar refractivity (Wildman–Crippen MR) is 83.4 cm³/mol. The highest BCUT2D eigenvalue weighted by atomic mass is 16.5. The average Bonchev–Trinajstić information content (AvgIpc) is 2.52. The number of hydrogen-bond donors (Lipinski definition) is 3. The van der Waals surface area contributed by atoms with Gasteiger partial charge >= 0.3 is 0 Å². The minimum Gasteiger partial charge on any atom is -0.493 e. The maximum absolute atomic E-state index is 6.16. The van der Waals surface area contributed by atoms with Gasteiger partial charge in [-0.2, -0.15) is 4.98 Å². The van der Waals surface area contributed by atoms with E-state index in [9.17, 15) is 0 Å². The highest BCUT2D eigenvalue weighted by Crippen LogP contribution is 2.44. The molecule has 2 aromatic rings. The van der Waals surface area contributed by atoms with Crippen LogP contribution in [-0.2, 0) is 13.0 Å². The minimum absolute atomic E-state index is 0.233. The molecule has 0 fully saturated rings. The van der Waals surface area contributed by atoms with E-state index in [1.807, 2.05) is 6.07 Å². The van der Waals surface area contributed by atoms with Gasteiger partial charge in [-0.15, -0.1) is 0 Å². The first-order valence-electron chi connectivity index (χ1n) is 6.78. The molecule has 0 spiro atoms. The fraction of sp³-hybridized carbons (Fsp3) is 0.267. The van der Waals surface area contributed by atoms with Crippen molar-refractivity contribution < 1.29 is 14.2 Å². The first kappa shape index (κ1) is 14.3. The molecule has 0 saturated heterocycles. The summed E-state index contributed by atoms with van der Waals surface area (Å²) in [5.41, 5.74) is 20.6. The summed E-state index contributed by atoms with van der Waals surface area (Å²) in [5.74, 6) is 2.57. The Morgan fingerprint density at radius 3 is 2.50 bits per heavy atom. The number of fused-ring (bicyclic) bond motifs is 2. The summed E-state index contributed by atoms with van der Waals surface area (Å²) in [7, 11) is 3.16. The smallest absolute Gasteiger partial charge is 0.226 e. The lowest BCUT2D eigenvalue weighted by Crippen LogP contribution is -2.15. The maximum atomic E-state index is 6.16. The Morgan fingerprint density at radius 2 is 1.86 bits per heavy atom. The molecule has 3 rings (SSSR count). The summed E-state index contributed by atoms with van der Waals surface area (Å²) in [4.78, 5) is 4.27. The molecular formula is C15H18N4O3. The van der Waals surface area contributed by atoms with Gasteiger partial charge in [0.2, 0.25) is 5.88 Å². The first-order chi connectivity index (χ1) is 10.6. The van der Waals surface area contributed by atoms with E-state index in [-0.39, 0.29) is 6.54 Å². The Kier molecular flexibility index (Phi) is 3.42. The van der Waals surface area contributed by atoms with Crippen LogP contribution in [0.15, 0.2) is 12.1 Å². The topological polar surface area (TPSA) is 119 Å². The van der Waals surface area contributed by atoms with Gasteiger partial charge in [0.25, 0.3) is 0 Å². The second-order valence-corrected chi connectivity index (χ2v) is 4.97. The van der Waals surface area contributed by atoms with Crippen LogP contribution in [0.4, 0.5) is 11.5 Å². The molecule has 0 amide bonds. The van der Waals surface area contributed by atoms with E-state index in [2.05, 4.69) is 4.98 Å². The summed E-state index contributed by atoms with van der Waals surface area (Å²) in [5, 5.41) is 0. The number of nitrogens with zero attached hydrogens (tertiary/aromatic N) is 1. The van der Waals surface area contributed by atoms with E-state index in [1.165, 1.54) is 0 Å². The normalized spacial score (nSPS) is 12.1. The third-order valence-corrected chi connectivity index (χ3v) is 3.78. The quantitative estimate of drug-likeness (QED) is 0.669. The zero-order valence-electron chi connectivity index (χ0n) is 12.5. The molecule has 6 N–H and O–H groups in total. The standard InChI is InChI=1S/C15H18N4O3/c1-20-11-4-7-3-8-13(17)9(6-16)14(18)19-15(8)22-10(7)5-12(11)21-2/h4-5H,3,6,16H2,1-2H3,(H4,17,18,19). The van der Waals surface area contributed by atoms with E-state index in [0.717, 1.165) is 11.1 Å². The molecule has 0 bridgehead atoms. The van der Waals surface area contributed by atoms with Gasteiger partial charge < -0.3 is 31.4 Å². The number of aromatic nitrogens is 1. The Balaban J connectivity index is 2.12. The summed E-state index contributed by atoms with van der Waals surface area (Å²) < 4.78 is 16.4. The molecule has 0 saturated carbocycles. The molecule has 22 heavy (non-hydrogen) atoms. The molecule has 7 heteroatoms. The van der Waals surface area contributed by atoms with Gasteiger partial charge in [-0.05, 0) is 6.07 Å². The van der Waals surface area contributed by atoms with Crippen molar-refractivity contribution in [3.63, 3.8) is 0 Å². The van der Waals surface area contributed by atoms with Crippen molar-refractivity contribution in [3.05, 3.63) is 28.8 Å². The Hall–Kier alpha value is -2.67. The number of nitrogen functional groups attached to an aromatic ring is 2. The lowest BCUT2D eigenvalue weighted by atomic mass is 9.98. The van der Waals surface area contributed by atoms with Gasteiger partial charge in [0, 0.05) is 41.4 Å². The molecule has 0 aliphatic carbocycles. The number of nitrogens with two attached hydrogens (primary N) is 3. The molecule has 1 aromatic heterocycles. The Labute approximate surface area is 128 Å². The van der Waals surface area contributed by atoms with Crippen LogP contribution in [0.1, 0.15) is 16.7 Å². The number of anilines is 2. The summed E-state index contributed by atoms with van der Waals surface area (Å²) in [6, 6.07) is 3.64. The van der Waals surface area contributed by atoms with E-state index in [0.29, 0.717) is 46.6 Å². The molecule has 2 heterocycles. The lowest BCUT2D eigenvalue weighted by molar-refractivity contribution is 0.349. The molecular weight excluding hydrogens is 284 g/mol. The fourth-order valence-corrected chi connectivity index (χ4v) is 2.58. The van der Waals surface area contributed by atoms with Crippen LogP contribution in [0.2, 0.25) is 0 Å². The maximum Gasteiger partial charge on any atom is 0.226 e. The molecule has 0 unspecified atom stereocenters. The monoisotopic (exact) mass is 302 g/mol. The fourth-order valence-electron chi connectivity index (χ4n) is 2.58. The highest BCUT2D eigenvalue weighted by molar-refractivity contribution is 5.69. The number of benzene rings is 1. The van der Waals surface area contributed by atoms with Crippen LogP contribution in [0, 0.1) is 0 Å². The third-order valence-electron chi connectivity index (χ3n) is 3.78. The third kappa shape index (κ3) is 2.06. The zero-order valence-corrected chi connectivity index (χ0v) is 12.5. The highest BCUT2D eigenvalue weighted by Gasteiger charge is 2.25. The van der Waals surface area contributed by atoms with Gasteiger partial charge in [-0.25, -0.2) is 0 Å². The van der Waals surface area contributed by atoms with Gasteiger partial charge in [0.15, 0.2) is 11.5 Å². The molecule has 7 nitrogen and oxygen atoms in total. The van der Waals surface area contributed by atoms with Crippen LogP contribution in [0.25, 0.3) is 0 Å². The van der Waals surface area contributed by atoms with Crippen LogP contribution >= 0.6 is 0 Å². The number of hydrogen-bond acceptors (Lipinski definition) is 7. The number of methoxy groups -OCH3 is 2. The van der Waals surface area contributed by atoms with Crippen LogP contribution in [0.5, 0.6) is 23.1 Å². The zero-order chi connectivity index (χ0) is 15.9. The predicted octanol–water partition coefficient (Wildman–Crippen LogP) is 1.42. The molecule has 0 radical (unpaired) electrons. The number of rotatable bonds is 3. The van der Waals surface area contributed by atoms with Gasteiger partial charge in [-0.3, -0.25) is 0 Å². The average molecular weight is 302 g/mol. The van der Waals surface area contributed by atoms with Gasteiger partial charge in [-0.1, -0.05) is 0 Å². The van der Waals surface area contributed by atoms with Crippen molar-refractivity contribution in [3.8, 4) is 23.1 Å². The Bertz CT molecular complexity index is 746. The van der Waals surface area contributed by atoms with E-state index < -0.39 is 0 Å². The van der Waals surface area contributed by atoms with Crippen LogP contribution in [0.3, 0.4) is 0 Å². The van der Waals surface area contributed by atoms with E-state index >= 15 is 0 Å². The SMILES string of the molecule is COc1cc2c(cc1OC)Oc1nc(N)c(CN)c(N)c1C2. The van der Waals surface area contributed by atoms with Crippen molar-refractivity contribution >= 4 is 11.5 Å². The molecule has 1 aliphatic heterocycles. The summed E-state index contributed by atoms with van der Waals surface area (Å²) >= 11 is 0. The van der Waals surface area contributed by atoms with Gasteiger partial charge in [0.05, 0.1) is 14.2 Å². The summed E-state index contributed by atoms with van der Waals surface area (Å²) in [6.07, 6.45) is 0.567. The van der Waals surface area contributed by atoms with E-state index in [1.54, 1.807) is 20.3 Å². The van der Waals surface area contributed by atoms with Crippen LogP contribution < -0.4 is 31.4 Å². The second kappa shape index (κ2) is 5.27. The van der Waals surface area contributed by atoms with Crippen molar-refractivity contribution in [2.75, 3.05) is 25.7 Å². The lowest BCUT2D eigenvalue weighted by Gasteiger charge is -2.23. The van der Waals surface area contributed by atoms with Crippen LogP contribution in [-0.4, -0.2) is 19.2 Å². The van der Waals surface area contributed by atoms with Crippen molar-refractivity contribution in [2.24, 2.45) is 5.73 Å². The second-order valence-electron chi connectivity index (χ2n) is 4.97. The number of pyridine rings is 1. The molecule has 116 valence electrons. The molecule has 0 atom stereocenters. The van der Waals surface area contributed by atoms with Crippen molar-refractivity contribution in [1.82, 2.24) is 4.98 Å². The van der Waals surface area contributed by atoms with Gasteiger partial charge in [0.1, 0.15) is 11.6 Å². The number of ether oxygens (including phenoxy) is 3. The van der Waals surface area contributed by atoms with E-state index in [4.69, 9.17) is 31.4 Å².